The van der Waals surface area contributed by atoms with Gasteiger partial charge in [-0.2, -0.15) is 0 Å². The van der Waals surface area contributed by atoms with Crippen molar-refractivity contribution in [3.8, 4) is 0 Å². The standard InChI is InChI=1S/C12H9ClN2O2.ClH/c13-12-14-6-5-10(15-12)7-8-1-3-9(4-2-8)11(16)17;/h1-6H,7H2,(H,16,17);1H. The number of hydrogen-bond donors (Lipinski definition) is 1. The first-order valence-electron chi connectivity index (χ1n) is 4.95. The molecule has 0 saturated carbocycles. The first kappa shape index (κ1) is 14.4. The first-order valence-corrected chi connectivity index (χ1v) is 5.32. The van der Waals surface area contributed by atoms with E-state index in [-0.39, 0.29) is 23.3 Å². The molecular weight excluding hydrogens is 275 g/mol. The molecule has 4 nitrogen and oxygen atoms in total. The summed E-state index contributed by atoms with van der Waals surface area (Å²) in [5.74, 6) is -0.929. The van der Waals surface area contributed by atoms with Crippen LogP contribution in [-0.4, -0.2) is 21.0 Å². The van der Waals surface area contributed by atoms with Gasteiger partial charge in [0.25, 0.3) is 0 Å². The Morgan fingerprint density at radius 3 is 2.44 bits per heavy atom. The minimum Gasteiger partial charge on any atom is -0.478 e. The van der Waals surface area contributed by atoms with Crippen LogP contribution in [0.4, 0.5) is 0 Å². The van der Waals surface area contributed by atoms with Gasteiger partial charge in [-0.05, 0) is 35.4 Å². The van der Waals surface area contributed by atoms with Crippen LogP contribution < -0.4 is 0 Å². The summed E-state index contributed by atoms with van der Waals surface area (Å²) >= 11 is 5.68. The molecule has 0 aliphatic carbocycles. The highest BCUT2D eigenvalue weighted by Gasteiger charge is 2.03. The number of rotatable bonds is 3. The fraction of sp³-hybridized carbons (Fsp3) is 0.0833. The highest BCUT2D eigenvalue weighted by Crippen LogP contribution is 2.10. The molecule has 0 spiro atoms. The maximum atomic E-state index is 10.7. The van der Waals surface area contributed by atoms with Crippen molar-refractivity contribution >= 4 is 30.0 Å². The molecule has 1 aromatic carbocycles. The van der Waals surface area contributed by atoms with E-state index in [1.165, 1.54) is 0 Å². The SMILES string of the molecule is Cl.O=C(O)c1ccc(Cc2ccnc(Cl)n2)cc1. The number of carboxylic acids is 1. The van der Waals surface area contributed by atoms with E-state index in [2.05, 4.69) is 9.97 Å². The van der Waals surface area contributed by atoms with Gasteiger partial charge in [-0.25, -0.2) is 14.8 Å². The van der Waals surface area contributed by atoms with Crippen LogP contribution in [0, 0.1) is 0 Å². The number of carbonyl (C=O) groups is 1. The van der Waals surface area contributed by atoms with Crippen LogP contribution in [0.15, 0.2) is 36.5 Å². The Morgan fingerprint density at radius 1 is 1.22 bits per heavy atom. The molecule has 0 bridgehead atoms. The van der Waals surface area contributed by atoms with Crippen LogP contribution >= 0.6 is 24.0 Å². The summed E-state index contributed by atoms with van der Waals surface area (Å²) in [6.07, 6.45) is 2.19. The first-order chi connectivity index (χ1) is 8.15. The monoisotopic (exact) mass is 284 g/mol. The fourth-order valence-electron chi connectivity index (χ4n) is 1.44. The van der Waals surface area contributed by atoms with E-state index in [9.17, 15) is 4.79 Å². The molecule has 0 saturated heterocycles. The molecule has 0 unspecified atom stereocenters. The molecular formula is C12H10Cl2N2O2. The van der Waals surface area contributed by atoms with E-state index >= 15 is 0 Å². The third-order valence-electron chi connectivity index (χ3n) is 2.27. The maximum absolute atomic E-state index is 10.7. The van der Waals surface area contributed by atoms with Gasteiger partial charge in [-0.15, -0.1) is 12.4 Å². The number of aromatic carboxylic acids is 1. The lowest BCUT2D eigenvalue weighted by Crippen LogP contribution is -1.97. The van der Waals surface area contributed by atoms with Gasteiger partial charge in [0.15, 0.2) is 0 Å². The second-order valence-electron chi connectivity index (χ2n) is 3.50. The Kier molecular flexibility index (Phi) is 5.07. The lowest BCUT2D eigenvalue weighted by atomic mass is 10.1. The summed E-state index contributed by atoms with van der Waals surface area (Å²) in [5, 5.41) is 8.98. The zero-order chi connectivity index (χ0) is 12.3. The van der Waals surface area contributed by atoms with Gasteiger partial charge in [0, 0.05) is 18.3 Å². The highest BCUT2D eigenvalue weighted by atomic mass is 35.5. The van der Waals surface area contributed by atoms with E-state index in [1.54, 1.807) is 36.5 Å². The number of hydrogen-bond acceptors (Lipinski definition) is 3. The summed E-state index contributed by atoms with van der Waals surface area (Å²) in [4.78, 5) is 18.5. The van der Waals surface area contributed by atoms with Crippen molar-refractivity contribution in [2.24, 2.45) is 0 Å². The molecule has 18 heavy (non-hydrogen) atoms. The Bertz CT molecular complexity index is 544. The quantitative estimate of drug-likeness (QED) is 0.881. The second-order valence-corrected chi connectivity index (χ2v) is 3.83. The third kappa shape index (κ3) is 3.68. The van der Waals surface area contributed by atoms with E-state index in [4.69, 9.17) is 16.7 Å². The number of carboxylic acid groups (broad SMARTS) is 1. The van der Waals surface area contributed by atoms with Crippen molar-refractivity contribution < 1.29 is 9.90 Å². The van der Waals surface area contributed by atoms with Gasteiger partial charge >= 0.3 is 5.97 Å². The van der Waals surface area contributed by atoms with Crippen molar-refractivity contribution in [2.75, 3.05) is 0 Å². The van der Waals surface area contributed by atoms with Crippen molar-refractivity contribution in [1.29, 1.82) is 0 Å². The molecule has 6 heteroatoms. The molecule has 0 atom stereocenters. The van der Waals surface area contributed by atoms with E-state index < -0.39 is 5.97 Å². The fourth-order valence-corrected chi connectivity index (χ4v) is 1.61. The van der Waals surface area contributed by atoms with Gasteiger partial charge in [0.1, 0.15) is 0 Å². The predicted molar refractivity (Wildman–Crippen MR) is 70.5 cm³/mol. The van der Waals surface area contributed by atoms with Crippen LogP contribution in [0.3, 0.4) is 0 Å². The zero-order valence-electron chi connectivity index (χ0n) is 9.21. The van der Waals surface area contributed by atoms with Crippen molar-refractivity contribution in [2.45, 2.75) is 6.42 Å². The highest BCUT2D eigenvalue weighted by molar-refractivity contribution is 6.28. The molecule has 0 aliphatic heterocycles. The van der Waals surface area contributed by atoms with Gasteiger partial charge in [0.05, 0.1) is 5.56 Å². The minimum absolute atomic E-state index is 0. The lowest BCUT2D eigenvalue weighted by molar-refractivity contribution is 0.0697. The van der Waals surface area contributed by atoms with Crippen molar-refractivity contribution in [3.05, 3.63) is 58.6 Å². The summed E-state index contributed by atoms with van der Waals surface area (Å²) in [5.41, 5.74) is 2.05. The second kappa shape index (κ2) is 6.33. The van der Waals surface area contributed by atoms with E-state index in [1.807, 2.05) is 0 Å². The molecule has 2 aromatic rings. The Labute approximate surface area is 115 Å². The van der Waals surface area contributed by atoms with Gasteiger partial charge < -0.3 is 5.11 Å². The van der Waals surface area contributed by atoms with Gasteiger partial charge in [-0.3, -0.25) is 0 Å². The summed E-state index contributed by atoms with van der Waals surface area (Å²) in [6, 6.07) is 8.44. The molecule has 94 valence electrons. The summed E-state index contributed by atoms with van der Waals surface area (Å²) < 4.78 is 0. The molecule has 1 heterocycles. The number of benzene rings is 1. The van der Waals surface area contributed by atoms with Crippen LogP contribution in [0.2, 0.25) is 5.28 Å². The molecule has 0 aliphatic rings. The molecule has 2 rings (SSSR count). The number of nitrogens with zero attached hydrogens (tertiary/aromatic N) is 2. The molecule has 0 amide bonds. The van der Waals surface area contributed by atoms with Crippen LogP contribution in [-0.2, 0) is 6.42 Å². The summed E-state index contributed by atoms with van der Waals surface area (Å²) in [7, 11) is 0. The molecule has 0 fully saturated rings. The minimum atomic E-state index is -0.929. The van der Waals surface area contributed by atoms with Crippen LogP contribution in [0.1, 0.15) is 21.6 Å². The Balaban J connectivity index is 0.00000162. The van der Waals surface area contributed by atoms with Crippen LogP contribution in [0.25, 0.3) is 0 Å². The average molecular weight is 285 g/mol. The van der Waals surface area contributed by atoms with Crippen LogP contribution in [0.5, 0.6) is 0 Å². The van der Waals surface area contributed by atoms with Gasteiger partial charge in [-0.1, -0.05) is 12.1 Å². The smallest absolute Gasteiger partial charge is 0.335 e. The average Bonchev–Trinajstić information content (AvgIpc) is 2.29. The number of aromatic nitrogens is 2. The Hall–Kier alpha value is -1.65. The molecule has 1 aromatic heterocycles. The lowest BCUT2D eigenvalue weighted by Gasteiger charge is -2.01. The predicted octanol–water partition coefficient (Wildman–Crippen LogP) is 2.84. The normalized spacial score (nSPS) is 9.61. The molecule has 0 radical (unpaired) electrons. The zero-order valence-corrected chi connectivity index (χ0v) is 10.8. The van der Waals surface area contributed by atoms with Crippen molar-refractivity contribution in [3.63, 3.8) is 0 Å². The summed E-state index contributed by atoms with van der Waals surface area (Å²) in [6.45, 7) is 0. The largest absolute Gasteiger partial charge is 0.478 e. The van der Waals surface area contributed by atoms with E-state index in [0.29, 0.717) is 6.42 Å². The van der Waals surface area contributed by atoms with E-state index in [0.717, 1.165) is 11.3 Å². The topological polar surface area (TPSA) is 63.1 Å². The van der Waals surface area contributed by atoms with Crippen molar-refractivity contribution in [1.82, 2.24) is 9.97 Å². The Morgan fingerprint density at radius 2 is 1.89 bits per heavy atom. The molecule has 1 N–H and O–H groups in total. The third-order valence-corrected chi connectivity index (χ3v) is 2.45. The maximum Gasteiger partial charge on any atom is 0.335 e. The van der Waals surface area contributed by atoms with Gasteiger partial charge in [0.2, 0.25) is 5.28 Å². The number of halogens is 2.